The molecule has 0 saturated carbocycles. The Kier molecular flexibility index (Phi) is 6.21. The van der Waals surface area contributed by atoms with Crippen molar-refractivity contribution in [2.45, 2.75) is 26.3 Å². The molecule has 1 N–H and O–H groups in total. The van der Waals surface area contributed by atoms with Crippen LogP contribution in [0.2, 0.25) is 0 Å². The summed E-state index contributed by atoms with van der Waals surface area (Å²) in [5.41, 5.74) is 1.15. The molecule has 1 heterocycles. The van der Waals surface area contributed by atoms with Crippen molar-refractivity contribution in [1.29, 1.82) is 0 Å². The number of amides is 1. The van der Waals surface area contributed by atoms with E-state index in [9.17, 15) is 4.79 Å². The average molecular weight is 289 g/mol. The molecule has 2 rings (SSSR count). The SMILES string of the molecule is CCCN1CCN(CC(=O)N[C@@H](C)c2ccccc2)CC1. The van der Waals surface area contributed by atoms with Gasteiger partial charge in [0, 0.05) is 26.2 Å². The summed E-state index contributed by atoms with van der Waals surface area (Å²) in [4.78, 5) is 16.9. The molecule has 1 amide bonds. The lowest BCUT2D eigenvalue weighted by molar-refractivity contribution is -0.123. The van der Waals surface area contributed by atoms with Crippen LogP contribution >= 0.6 is 0 Å². The lowest BCUT2D eigenvalue weighted by atomic mass is 10.1. The molecule has 0 aliphatic carbocycles. The fourth-order valence-corrected chi connectivity index (χ4v) is 2.80. The van der Waals surface area contributed by atoms with Gasteiger partial charge in [-0.15, -0.1) is 0 Å². The standard InChI is InChI=1S/C17H27N3O/c1-3-9-19-10-12-20(13-11-19)14-17(21)18-15(2)16-7-5-4-6-8-16/h4-8,15H,3,9-14H2,1-2H3,(H,18,21)/t15-/m0/s1. The minimum Gasteiger partial charge on any atom is -0.348 e. The Morgan fingerprint density at radius 1 is 1.14 bits per heavy atom. The van der Waals surface area contributed by atoms with Gasteiger partial charge in [-0.1, -0.05) is 37.3 Å². The summed E-state index contributed by atoms with van der Waals surface area (Å²) in [7, 11) is 0. The Balaban J connectivity index is 1.73. The van der Waals surface area contributed by atoms with E-state index in [2.05, 4.69) is 34.2 Å². The van der Waals surface area contributed by atoms with Gasteiger partial charge in [0.25, 0.3) is 0 Å². The first kappa shape index (κ1) is 16.0. The maximum absolute atomic E-state index is 12.1. The van der Waals surface area contributed by atoms with Gasteiger partial charge < -0.3 is 10.2 Å². The van der Waals surface area contributed by atoms with Crippen LogP contribution in [-0.2, 0) is 4.79 Å². The predicted octanol–water partition coefficient (Wildman–Crippen LogP) is 1.89. The van der Waals surface area contributed by atoms with Crippen molar-refractivity contribution in [1.82, 2.24) is 15.1 Å². The van der Waals surface area contributed by atoms with E-state index in [1.807, 2.05) is 25.1 Å². The van der Waals surface area contributed by atoms with Gasteiger partial charge in [-0.2, -0.15) is 0 Å². The van der Waals surface area contributed by atoms with Crippen LogP contribution in [0.15, 0.2) is 30.3 Å². The van der Waals surface area contributed by atoms with E-state index in [1.54, 1.807) is 0 Å². The summed E-state index contributed by atoms with van der Waals surface area (Å²) >= 11 is 0. The third kappa shape index (κ3) is 5.14. The molecule has 116 valence electrons. The average Bonchev–Trinajstić information content (AvgIpc) is 2.50. The predicted molar refractivity (Wildman–Crippen MR) is 86.2 cm³/mol. The van der Waals surface area contributed by atoms with Gasteiger partial charge in [-0.3, -0.25) is 9.69 Å². The highest BCUT2D eigenvalue weighted by molar-refractivity contribution is 5.78. The summed E-state index contributed by atoms with van der Waals surface area (Å²) in [6.07, 6.45) is 1.20. The molecule has 21 heavy (non-hydrogen) atoms. The molecular formula is C17H27N3O. The van der Waals surface area contributed by atoms with E-state index >= 15 is 0 Å². The van der Waals surface area contributed by atoms with Gasteiger partial charge in [0.15, 0.2) is 0 Å². The van der Waals surface area contributed by atoms with Crippen LogP contribution in [-0.4, -0.2) is 55.0 Å². The van der Waals surface area contributed by atoms with E-state index in [0.717, 1.165) is 31.7 Å². The van der Waals surface area contributed by atoms with Gasteiger partial charge in [-0.25, -0.2) is 0 Å². The van der Waals surface area contributed by atoms with E-state index in [4.69, 9.17) is 0 Å². The van der Waals surface area contributed by atoms with Crippen molar-refractivity contribution in [3.05, 3.63) is 35.9 Å². The molecular weight excluding hydrogens is 262 g/mol. The zero-order valence-corrected chi connectivity index (χ0v) is 13.2. The highest BCUT2D eigenvalue weighted by atomic mass is 16.2. The molecule has 0 radical (unpaired) electrons. The zero-order chi connectivity index (χ0) is 15.1. The molecule has 1 aliphatic heterocycles. The first-order chi connectivity index (χ1) is 10.2. The number of benzene rings is 1. The fraction of sp³-hybridized carbons (Fsp3) is 0.588. The van der Waals surface area contributed by atoms with Crippen LogP contribution < -0.4 is 5.32 Å². The Morgan fingerprint density at radius 2 is 1.76 bits per heavy atom. The van der Waals surface area contributed by atoms with Crippen molar-refractivity contribution >= 4 is 5.91 Å². The number of carbonyl (C=O) groups is 1. The molecule has 0 unspecified atom stereocenters. The Hall–Kier alpha value is -1.39. The molecule has 1 fully saturated rings. The molecule has 0 aromatic heterocycles. The highest BCUT2D eigenvalue weighted by Gasteiger charge is 2.19. The Bertz CT molecular complexity index is 427. The summed E-state index contributed by atoms with van der Waals surface area (Å²) < 4.78 is 0. The van der Waals surface area contributed by atoms with Gasteiger partial charge in [-0.05, 0) is 25.5 Å². The molecule has 1 aromatic rings. The highest BCUT2D eigenvalue weighted by Crippen LogP contribution is 2.11. The first-order valence-electron chi connectivity index (χ1n) is 7.98. The van der Waals surface area contributed by atoms with Crippen LogP contribution in [0.25, 0.3) is 0 Å². The molecule has 1 aliphatic rings. The van der Waals surface area contributed by atoms with E-state index in [1.165, 1.54) is 13.0 Å². The second-order valence-electron chi connectivity index (χ2n) is 5.82. The number of nitrogens with one attached hydrogen (secondary N) is 1. The zero-order valence-electron chi connectivity index (χ0n) is 13.2. The minimum absolute atomic E-state index is 0.0695. The summed E-state index contributed by atoms with van der Waals surface area (Å²) in [5.74, 6) is 0.121. The van der Waals surface area contributed by atoms with Crippen LogP contribution in [0.3, 0.4) is 0 Å². The largest absolute Gasteiger partial charge is 0.348 e. The first-order valence-corrected chi connectivity index (χ1v) is 7.98. The third-order valence-electron chi connectivity index (χ3n) is 4.05. The number of carbonyl (C=O) groups excluding carboxylic acids is 1. The molecule has 1 saturated heterocycles. The second-order valence-corrected chi connectivity index (χ2v) is 5.82. The second kappa shape index (κ2) is 8.15. The van der Waals surface area contributed by atoms with E-state index < -0.39 is 0 Å². The summed E-state index contributed by atoms with van der Waals surface area (Å²) in [5, 5.41) is 3.09. The lowest BCUT2D eigenvalue weighted by Crippen LogP contribution is -2.49. The molecule has 0 bridgehead atoms. The van der Waals surface area contributed by atoms with Gasteiger partial charge in [0.2, 0.25) is 5.91 Å². The molecule has 4 heteroatoms. The number of hydrogen-bond donors (Lipinski definition) is 1. The third-order valence-corrected chi connectivity index (χ3v) is 4.05. The van der Waals surface area contributed by atoms with Crippen molar-refractivity contribution < 1.29 is 4.79 Å². The number of rotatable bonds is 6. The van der Waals surface area contributed by atoms with E-state index in [-0.39, 0.29) is 11.9 Å². The number of hydrogen-bond acceptors (Lipinski definition) is 3. The quantitative estimate of drug-likeness (QED) is 0.869. The van der Waals surface area contributed by atoms with E-state index in [0.29, 0.717) is 6.54 Å². The monoisotopic (exact) mass is 289 g/mol. The van der Waals surface area contributed by atoms with Crippen LogP contribution in [0, 0.1) is 0 Å². The van der Waals surface area contributed by atoms with Crippen molar-refractivity contribution in [2.24, 2.45) is 0 Å². The maximum Gasteiger partial charge on any atom is 0.234 e. The van der Waals surface area contributed by atoms with Crippen LogP contribution in [0.4, 0.5) is 0 Å². The molecule has 1 atom stereocenters. The summed E-state index contributed by atoms with van der Waals surface area (Å²) in [6.45, 7) is 10.1. The van der Waals surface area contributed by atoms with Crippen molar-refractivity contribution in [3.63, 3.8) is 0 Å². The van der Waals surface area contributed by atoms with Gasteiger partial charge >= 0.3 is 0 Å². The Morgan fingerprint density at radius 3 is 2.38 bits per heavy atom. The lowest BCUT2D eigenvalue weighted by Gasteiger charge is -2.34. The topological polar surface area (TPSA) is 35.6 Å². The molecule has 1 aromatic carbocycles. The maximum atomic E-state index is 12.1. The van der Waals surface area contributed by atoms with Gasteiger partial charge in [0.05, 0.1) is 12.6 Å². The van der Waals surface area contributed by atoms with Crippen LogP contribution in [0.5, 0.6) is 0 Å². The number of nitrogens with zero attached hydrogens (tertiary/aromatic N) is 2. The molecule has 4 nitrogen and oxygen atoms in total. The summed E-state index contributed by atoms with van der Waals surface area (Å²) in [6, 6.07) is 10.2. The smallest absolute Gasteiger partial charge is 0.234 e. The Labute approximate surface area is 128 Å². The minimum atomic E-state index is 0.0695. The molecule has 0 spiro atoms. The number of piperazine rings is 1. The van der Waals surface area contributed by atoms with Crippen molar-refractivity contribution in [3.8, 4) is 0 Å². The van der Waals surface area contributed by atoms with Crippen LogP contribution in [0.1, 0.15) is 31.9 Å². The van der Waals surface area contributed by atoms with Gasteiger partial charge in [0.1, 0.15) is 0 Å². The van der Waals surface area contributed by atoms with Crippen molar-refractivity contribution in [2.75, 3.05) is 39.3 Å². The normalized spacial score (nSPS) is 18.4. The fourth-order valence-electron chi connectivity index (χ4n) is 2.80.